The van der Waals surface area contributed by atoms with E-state index in [9.17, 15) is 24.3 Å². The molecule has 14 heteroatoms. The Balaban J connectivity index is 1.42. The highest BCUT2D eigenvalue weighted by Gasteiger charge is 2.74. The second kappa shape index (κ2) is 11.8. The second-order valence-electron chi connectivity index (χ2n) is 11.3. The third-order valence-electron chi connectivity index (χ3n) is 8.46. The highest BCUT2D eigenvalue weighted by atomic mass is 79.9. The maximum absolute atomic E-state index is 14.7. The molecule has 4 aliphatic heterocycles. The number of benzene rings is 1. The van der Waals surface area contributed by atoms with E-state index in [4.69, 9.17) is 9.47 Å². The van der Waals surface area contributed by atoms with Crippen LogP contribution in [0, 0.1) is 11.8 Å². The molecular weight excluding hydrogens is 624 g/mol. The number of hydrogen-bond donors (Lipinski definition) is 2. The van der Waals surface area contributed by atoms with Crippen molar-refractivity contribution in [2.45, 2.75) is 56.7 Å². The predicted molar refractivity (Wildman–Crippen MR) is 155 cm³/mol. The van der Waals surface area contributed by atoms with Crippen LogP contribution < -0.4 is 5.32 Å². The average Bonchev–Trinajstić information content (AvgIpc) is 3.70. The summed E-state index contributed by atoms with van der Waals surface area (Å²) in [5.74, 6) is -3.63. The van der Waals surface area contributed by atoms with E-state index < -0.39 is 53.5 Å². The minimum absolute atomic E-state index is 0.0285. The number of hydrogen-bond acceptors (Lipinski definition) is 9. The number of fused-ring (bicyclic) bond motifs is 3. The number of amides is 3. The van der Waals surface area contributed by atoms with Crippen LogP contribution in [0.3, 0.4) is 0 Å². The van der Waals surface area contributed by atoms with Gasteiger partial charge in [-0.15, -0.1) is 5.10 Å². The van der Waals surface area contributed by atoms with Gasteiger partial charge in [0, 0.05) is 30.6 Å². The number of halogens is 1. The maximum atomic E-state index is 14.7. The van der Waals surface area contributed by atoms with Crippen LogP contribution in [-0.4, -0.2) is 104 Å². The number of likely N-dealkylation sites (tertiary alicyclic amines) is 1. The summed E-state index contributed by atoms with van der Waals surface area (Å²) in [4.78, 5) is 57.7. The molecule has 2 saturated heterocycles. The van der Waals surface area contributed by atoms with Crippen LogP contribution in [0.25, 0.3) is 11.0 Å². The number of rotatable bonds is 5. The fourth-order valence-corrected chi connectivity index (χ4v) is 7.26. The Morgan fingerprint density at radius 3 is 2.79 bits per heavy atom. The molecule has 4 aliphatic rings. The molecule has 2 aromatic rings. The Bertz CT molecular complexity index is 1510. The van der Waals surface area contributed by atoms with Crippen molar-refractivity contribution in [3.8, 4) is 0 Å². The molecule has 3 amide bonds. The molecule has 0 unspecified atom stereocenters. The van der Waals surface area contributed by atoms with Crippen molar-refractivity contribution >= 4 is 50.7 Å². The molecule has 0 saturated carbocycles. The van der Waals surface area contributed by atoms with E-state index in [1.54, 1.807) is 22.6 Å². The summed E-state index contributed by atoms with van der Waals surface area (Å²) >= 11 is 3.53. The predicted octanol–water partition coefficient (Wildman–Crippen LogP) is 0.871. The van der Waals surface area contributed by atoms with Crippen LogP contribution in [0.15, 0.2) is 47.0 Å². The molecule has 6 rings (SSSR count). The van der Waals surface area contributed by atoms with Crippen molar-refractivity contribution in [3.05, 3.63) is 47.0 Å². The molecule has 5 heterocycles. The molecule has 0 aliphatic carbocycles. The largest absolute Gasteiger partial charge is 0.460 e. The zero-order chi connectivity index (χ0) is 30.3. The van der Waals surface area contributed by atoms with E-state index in [1.807, 2.05) is 36.4 Å². The number of para-hydroxylation sites is 1. The van der Waals surface area contributed by atoms with Gasteiger partial charge >= 0.3 is 5.97 Å². The maximum Gasteiger partial charge on any atom is 0.313 e. The van der Waals surface area contributed by atoms with Crippen LogP contribution in [0.4, 0.5) is 0 Å². The Morgan fingerprint density at radius 2 is 1.98 bits per heavy atom. The van der Waals surface area contributed by atoms with Crippen molar-refractivity contribution in [1.29, 1.82) is 0 Å². The first kappa shape index (κ1) is 29.5. The van der Waals surface area contributed by atoms with Crippen molar-refractivity contribution in [2.24, 2.45) is 11.8 Å². The minimum Gasteiger partial charge on any atom is -0.460 e. The van der Waals surface area contributed by atoms with E-state index in [0.29, 0.717) is 16.4 Å². The van der Waals surface area contributed by atoms with E-state index >= 15 is 0 Å². The van der Waals surface area contributed by atoms with Gasteiger partial charge in [0.1, 0.15) is 42.0 Å². The lowest BCUT2D eigenvalue weighted by molar-refractivity contribution is -0.158. The van der Waals surface area contributed by atoms with Gasteiger partial charge < -0.3 is 29.7 Å². The van der Waals surface area contributed by atoms with Crippen LogP contribution in [0.2, 0.25) is 0 Å². The first-order valence-corrected chi connectivity index (χ1v) is 15.2. The zero-order valence-corrected chi connectivity index (χ0v) is 25.2. The lowest BCUT2D eigenvalue weighted by Gasteiger charge is -2.35. The van der Waals surface area contributed by atoms with Gasteiger partial charge in [-0.25, -0.2) is 4.68 Å². The molecule has 0 radical (unpaired) electrons. The number of aliphatic hydroxyl groups is 1. The Labute approximate surface area is 256 Å². The third kappa shape index (κ3) is 5.14. The Morgan fingerprint density at radius 1 is 1.16 bits per heavy atom. The molecule has 1 aromatic heterocycles. The Kier molecular flexibility index (Phi) is 8.09. The summed E-state index contributed by atoms with van der Waals surface area (Å²) in [6, 6.07) is 6.28. The standard InChI is InChI=1S/C29H33BrN6O7/c1-17-15-31-21(38)10-3-2-6-11-34(16-36-20-9-5-4-8-19(20)32-33-36)27(40)25-29-14-18(30)24(43-29)22(28(41)42-17)23(29)26(39)35(25)12-7-13-37/h2,4-6,8-9,14,17,22-25,37H,3,7,10-13,15-16H2,1H3,(H,31,38)/b6-2-/t17-,22+,23-,24+,25+,29-/m0/s1. The normalized spacial score (nSPS) is 32.2. The van der Waals surface area contributed by atoms with Gasteiger partial charge in [0.15, 0.2) is 0 Å². The molecule has 2 N–H and O–H groups in total. The van der Waals surface area contributed by atoms with Gasteiger partial charge in [-0.2, -0.15) is 0 Å². The van der Waals surface area contributed by atoms with E-state index in [-0.39, 0.29) is 51.7 Å². The molecular formula is C29H33BrN6O7. The lowest BCUT2D eigenvalue weighted by Crippen LogP contribution is -2.56. The van der Waals surface area contributed by atoms with Crippen molar-refractivity contribution in [3.63, 3.8) is 0 Å². The molecule has 5 bridgehead atoms. The number of aliphatic hydroxyl groups excluding tert-OH is 1. The second-order valence-corrected chi connectivity index (χ2v) is 12.2. The molecule has 228 valence electrons. The van der Waals surface area contributed by atoms with Gasteiger partial charge in [0.25, 0.3) is 5.91 Å². The highest BCUT2D eigenvalue weighted by Crippen LogP contribution is 2.58. The number of cyclic esters (lactones) is 1. The summed E-state index contributed by atoms with van der Waals surface area (Å²) in [6.07, 6.45) is 4.84. The van der Waals surface area contributed by atoms with Crippen LogP contribution in [-0.2, 0) is 35.3 Å². The number of esters is 1. The van der Waals surface area contributed by atoms with Gasteiger partial charge in [0.2, 0.25) is 11.8 Å². The van der Waals surface area contributed by atoms with Crippen LogP contribution >= 0.6 is 15.9 Å². The number of aromatic nitrogens is 3. The third-order valence-corrected chi connectivity index (χ3v) is 9.14. The summed E-state index contributed by atoms with van der Waals surface area (Å²) < 4.78 is 14.3. The van der Waals surface area contributed by atoms with Crippen LogP contribution in [0.5, 0.6) is 0 Å². The number of carbonyl (C=O) groups is 4. The zero-order valence-electron chi connectivity index (χ0n) is 23.6. The fourth-order valence-electron chi connectivity index (χ4n) is 6.52. The van der Waals surface area contributed by atoms with Gasteiger partial charge in [-0.1, -0.05) is 45.4 Å². The number of allylic oxidation sites excluding steroid dienone is 1. The fraction of sp³-hybridized carbons (Fsp3) is 0.517. The summed E-state index contributed by atoms with van der Waals surface area (Å²) in [5, 5.41) is 20.9. The summed E-state index contributed by atoms with van der Waals surface area (Å²) in [5.41, 5.74) is -0.0247. The number of nitrogens with one attached hydrogen (secondary N) is 1. The summed E-state index contributed by atoms with van der Waals surface area (Å²) in [7, 11) is 0. The van der Waals surface area contributed by atoms with Crippen molar-refractivity contribution < 1.29 is 33.8 Å². The number of nitrogens with zero attached hydrogens (tertiary/aromatic N) is 5. The van der Waals surface area contributed by atoms with Gasteiger partial charge in [-0.3, -0.25) is 19.2 Å². The molecule has 1 spiro atoms. The summed E-state index contributed by atoms with van der Waals surface area (Å²) in [6.45, 7) is 1.90. The first-order valence-electron chi connectivity index (χ1n) is 14.4. The molecule has 13 nitrogen and oxygen atoms in total. The molecule has 6 atom stereocenters. The lowest BCUT2D eigenvalue weighted by atomic mass is 9.74. The smallest absolute Gasteiger partial charge is 0.313 e. The minimum atomic E-state index is -1.42. The molecule has 2 fully saturated rings. The van der Waals surface area contributed by atoms with E-state index in [0.717, 1.165) is 5.52 Å². The monoisotopic (exact) mass is 656 g/mol. The van der Waals surface area contributed by atoms with Gasteiger partial charge in [-0.05, 0) is 38.0 Å². The van der Waals surface area contributed by atoms with E-state index in [1.165, 1.54) is 4.90 Å². The average molecular weight is 658 g/mol. The molecule has 1 aromatic carbocycles. The first-order chi connectivity index (χ1) is 20.7. The topological polar surface area (TPSA) is 156 Å². The van der Waals surface area contributed by atoms with Crippen molar-refractivity contribution in [1.82, 2.24) is 30.1 Å². The van der Waals surface area contributed by atoms with Crippen molar-refractivity contribution in [2.75, 3.05) is 26.2 Å². The SMILES string of the molecule is C[C@H]1CNC(=O)CC/C=C\CN(Cn2nnc3ccccc32)C(=O)[C@H]2N(CCCO)C(=O)[C@@H]3[C@@H](C(=O)O1)[C@@H]1O[C@@]32C=C1Br. The molecule has 43 heavy (non-hydrogen) atoms. The van der Waals surface area contributed by atoms with E-state index in [2.05, 4.69) is 31.6 Å². The van der Waals surface area contributed by atoms with Crippen LogP contribution in [0.1, 0.15) is 26.2 Å². The van der Waals surface area contributed by atoms with Gasteiger partial charge in [0.05, 0.1) is 18.0 Å². The quantitative estimate of drug-likeness (QED) is 0.352. The highest BCUT2D eigenvalue weighted by molar-refractivity contribution is 9.11. The Hall–Kier alpha value is -3.62. The number of carbonyl (C=O) groups excluding carboxylic acids is 4. The number of ether oxygens (including phenoxy) is 2.